The molecule has 2 aliphatic rings. The van der Waals surface area contributed by atoms with Crippen LogP contribution in [0.3, 0.4) is 0 Å². The van der Waals surface area contributed by atoms with Crippen molar-refractivity contribution < 1.29 is 4.74 Å². The monoisotopic (exact) mass is 184 g/mol. The highest BCUT2D eigenvalue weighted by Crippen LogP contribution is 2.27. The minimum absolute atomic E-state index is 0.844. The third kappa shape index (κ3) is 2.03. The van der Waals surface area contributed by atoms with Gasteiger partial charge in [-0.25, -0.2) is 0 Å². The van der Waals surface area contributed by atoms with E-state index in [0.717, 1.165) is 25.1 Å². The predicted octanol–water partition coefficient (Wildman–Crippen LogP) is 0.317. The van der Waals surface area contributed by atoms with Crippen molar-refractivity contribution in [1.82, 2.24) is 10.2 Å². The molecule has 2 unspecified atom stereocenters. The summed E-state index contributed by atoms with van der Waals surface area (Å²) in [6, 6.07) is 0.844. The van der Waals surface area contributed by atoms with Crippen LogP contribution in [0, 0.1) is 5.92 Å². The molecule has 0 aliphatic carbocycles. The highest BCUT2D eigenvalue weighted by molar-refractivity contribution is 4.91. The van der Waals surface area contributed by atoms with Gasteiger partial charge in [0.05, 0.1) is 6.61 Å². The van der Waals surface area contributed by atoms with Crippen molar-refractivity contribution in [3.63, 3.8) is 0 Å². The summed E-state index contributed by atoms with van der Waals surface area (Å²) in [7, 11) is 1.79. The fourth-order valence-electron chi connectivity index (χ4n) is 2.67. The second-order valence-corrected chi connectivity index (χ2v) is 4.14. The number of hydrogen-bond acceptors (Lipinski definition) is 3. The van der Waals surface area contributed by atoms with Gasteiger partial charge in [-0.1, -0.05) is 0 Å². The average Bonchev–Trinajstić information content (AvgIpc) is 2.58. The number of piperidine rings is 1. The molecule has 2 saturated heterocycles. The van der Waals surface area contributed by atoms with Crippen molar-refractivity contribution in [2.24, 2.45) is 5.92 Å². The summed E-state index contributed by atoms with van der Waals surface area (Å²) in [5, 5.41) is 3.47. The summed E-state index contributed by atoms with van der Waals surface area (Å²) in [4.78, 5) is 2.61. The van der Waals surface area contributed by atoms with Crippen LogP contribution in [0.15, 0.2) is 0 Å². The molecule has 2 fully saturated rings. The molecule has 0 spiro atoms. The highest BCUT2D eigenvalue weighted by atomic mass is 16.5. The molecule has 0 aromatic heterocycles. The first kappa shape index (κ1) is 9.44. The molecule has 0 bridgehead atoms. The largest absolute Gasteiger partial charge is 0.383 e. The lowest BCUT2D eigenvalue weighted by Gasteiger charge is -2.32. The zero-order chi connectivity index (χ0) is 9.10. The molecule has 13 heavy (non-hydrogen) atoms. The van der Waals surface area contributed by atoms with E-state index >= 15 is 0 Å². The van der Waals surface area contributed by atoms with Gasteiger partial charge >= 0.3 is 0 Å². The molecule has 2 heterocycles. The third-order valence-electron chi connectivity index (χ3n) is 3.41. The van der Waals surface area contributed by atoms with E-state index in [0.29, 0.717) is 0 Å². The Morgan fingerprint density at radius 1 is 1.46 bits per heavy atom. The molecule has 76 valence electrons. The second-order valence-electron chi connectivity index (χ2n) is 4.14. The minimum atomic E-state index is 0.844. The van der Waals surface area contributed by atoms with Crippen LogP contribution in [0.25, 0.3) is 0 Å². The maximum atomic E-state index is 5.13. The quantitative estimate of drug-likeness (QED) is 0.683. The summed E-state index contributed by atoms with van der Waals surface area (Å²) in [6.07, 6.45) is 2.70. The number of methoxy groups -OCH3 is 1. The Labute approximate surface area is 80.4 Å². The summed E-state index contributed by atoms with van der Waals surface area (Å²) < 4.78 is 5.13. The Balaban J connectivity index is 1.84. The van der Waals surface area contributed by atoms with E-state index in [9.17, 15) is 0 Å². The van der Waals surface area contributed by atoms with Crippen LogP contribution < -0.4 is 5.32 Å². The van der Waals surface area contributed by atoms with Gasteiger partial charge < -0.3 is 10.1 Å². The number of ether oxygens (including phenoxy) is 1. The molecule has 0 radical (unpaired) electrons. The van der Waals surface area contributed by atoms with E-state index in [4.69, 9.17) is 4.74 Å². The van der Waals surface area contributed by atoms with Crippen LogP contribution in [0.1, 0.15) is 12.8 Å². The molecule has 2 rings (SSSR count). The van der Waals surface area contributed by atoms with E-state index in [-0.39, 0.29) is 0 Å². The van der Waals surface area contributed by atoms with Crippen LogP contribution >= 0.6 is 0 Å². The fraction of sp³-hybridized carbons (Fsp3) is 1.00. The number of nitrogens with one attached hydrogen (secondary N) is 1. The normalized spacial score (nSPS) is 34.8. The molecule has 2 atom stereocenters. The smallest absolute Gasteiger partial charge is 0.0589 e. The maximum absolute atomic E-state index is 5.13. The number of likely N-dealkylation sites (tertiary alicyclic amines) is 1. The van der Waals surface area contributed by atoms with Crippen molar-refractivity contribution in [2.75, 3.05) is 39.9 Å². The van der Waals surface area contributed by atoms with Gasteiger partial charge in [-0.15, -0.1) is 0 Å². The summed E-state index contributed by atoms with van der Waals surface area (Å²) in [5.41, 5.74) is 0. The van der Waals surface area contributed by atoms with Crippen molar-refractivity contribution in [3.8, 4) is 0 Å². The van der Waals surface area contributed by atoms with E-state index in [2.05, 4.69) is 10.2 Å². The molecule has 0 amide bonds. The zero-order valence-electron chi connectivity index (χ0n) is 8.46. The van der Waals surface area contributed by atoms with Crippen molar-refractivity contribution >= 4 is 0 Å². The van der Waals surface area contributed by atoms with Crippen molar-refractivity contribution in [1.29, 1.82) is 0 Å². The van der Waals surface area contributed by atoms with Gasteiger partial charge in [0, 0.05) is 19.7 Å². The lowest BCUT2D eigenvalue weighted by Crippen LogP contribution is -2.44. The zero-order valence-corrected chi connectivity index (χ0v) is 8.46. The number of rotatable bonds is 3. The average molecular weight is 184 g/mol. The third-order valence-corrected chi connectivity index (χ3v) is 3.41. The van der Waals surface area contributed by atoms with Crippen LogP contribution in [0.2, 0.25) is 0 Å². The predicted molar refractivity (Wildman–Crippen MR) is 52.8 cm³/mol. The van der Waals surface area contributed by atoms with Crippen LogP contribution in [0.4, 0.5) is 0 Å². The van der Waals surface area contributed by atoms with Crippen LogP contribution in [-0.2, 0) is 4.74 Å². The molecule has 1 N–H and O–H groups in total. The Morgan fingerprint density at radius 3 is 3.23 bits per heavy atom. The molecule has 3 heteroatoms. The van der Waals surface area contributed by atoms with Gasteiger partial charge in [0.25, 0.3) is 0 Å². The molecule has 3 nitrogen and oxygen atoms in total. The SMILES string of the molecule is COCCN1CCC2CNCCC21. The highest BCUT2D eigenvalue weighted by Gasteiger charge is 2.34. The van der Waals surface area contributed by atoms with Crippen molar-refractivity contribution in [3.05, 3.63) is 0 Å². The number of hydrogen-bond donors (Lipinski definition) is 1. The van der Waals surface area contributed by atoms with Gasteiger partial charge in [0.15, 0.2) is 0 Å². The first-order chi connectivity index (χ1) is 6.42. The lowest BCUT2D eigenvalue weighted by molar-refractivity contribution is 0.123. The van der Waals surface area contributed by atoms with Gasteiger partial charge in [-0.05, 0) is 38.4 Å². The first-order valence-electron chi connectivity index (χ1n) is 5.35. The van der Waals surface area contributed by atoms with Gasteiger partial charge in [-0.3, -0.25) is 4.90 Å². The Morgan fingerprint density at radius 2 is 2.38 bits per heavy atom. The fourth-order valence-corrected chi connectivity index (χ4v) is 2.67. The standard InChI is InChI=1S/C10H20N2O/c1-13-7-6-12-5-3-9-8-11-4-2-10(9)12/h9-11H,2-8H2,1H3. The van der Waals surface area contributed by atoms with E-state index < -0.39 is 0 Å². The van der Waals surface area contributed by atoms with E-state index in [1.165, 1.54) is 32.5 Å². The minimum Gasteiger partial charge on any atom is -0.383 e. The van der Waals surface area contributed by atoms with E-state index in [1.807, 2.05) is 0 Å². The molecule has 2 aliphatic heterocycles. The van der Waals surface area contributed by atoms with Crippen LogP contribution in [0.5, 0.6) is 0 Å². The van der Waals surface area contributed by atoms with Gasteiger partial charge in [0.2, 0.25) is 0 Å². The topological polar surface area (TPSA) is 24.5 Å². The first-order valence-corrected chi connectivity index (χ1v) is 5.35. The van der Waals surface area contributed by atoms with E-state index in [1.54, 1.807) is 7.11 Å². The van der Waals surface area contributed by atoms with Crippen molar-refractivity contribution in [2.45, 2.75) is 18.9 Å². The molecule has 0 aromatic carbocycles. The summed E-state index contributed by atoms with van der Waals surface area (Å²) in [6.45, 7) is 5.72. The number of fused-ring (bicyclic) bond motifs is 1. The van der Waals surface area contributed by atoms with Gasteiger partial charge in [-0.2, -0.15) is 0 Å². The molecular formula is C10H20N2O. The Bertz CT molecular complexity index is 163. The van der Waals surface area contributed by atoms with Gasteiger partial charge in [0.1, 0.15) is 0 Å². The van der Waals surface area contributed by atoms with Crippen LogP contribution in [-0.4, -0.2) is 50.8 Å². The lowest BCUT2D eigenvalue weighted by atomic mass is 9.94. The molecule has 0 saturated carbocycles. The molecule has 0 aromatic rings. The second kappa shape index (κ2) is 4.40. The Hall–Kier alpha value is -0.120. The Kier molecular flexibility index (Phi) is 3.19. The molecular weight excluding hydrogens is 164 g/mol. The summed E-state index contributed by atoms with van der Waals surface area (Å²) in [5.74, 6) is 0.908. The summed E-state index contributed by atoms with van der Waals surface area (Å²) >= 11 is 0. The maximum Gasteiger partial charge on any atom is 0.0589 e. The number of nitrogens with zero attached hydrogens (tertiary/aromatic N) is 1.